The summed E-state index contributed by atoms with van der Waals surface area (Å²) >= 11 is 0. The molecule has 3 saturated heterocycles. The lowest BCUT2D eigenvalue weighted by Gasteiger charge is -2.58. The second-order valence-corrected chi connectivity index (χ2v) is 7.03. The number of hydrogen-bond donors (Lipinski definition) is 1. The third kappa shape index (κ3) is 2.12. The van der Waals surface area contributed by atoms with Crippen molar-refractivity contribution in [1.82, 2.24) is 14.7 Å². The van der Waals surface area contributed by atoms with Gasteiger partial charge in [-0.1, -0.05) is 18.2 Å². The van der Waals surface area contributed by atoms with E-state index in [2.05, 4.69) is 0 Å². The number of carbonyl (C=O) groups is 2. The summed E-state index contributed by atoms with van der Waals surface area (Å²) in [6, 6.07) is 6.17. The van der Waals surface area contributed by atoms with Crippen molar-refractivity contribution in [3.8, 4) is 0 Å². The van der Waals surface area contributed by atoms with E-state index < -0.39 is 17.7 Å². The number of hydrogen-bond acceptors (Lipinski definition) is 5. The SMILES string of the molecule is CN1C(=O)C2CC(O)CN2C2(CN(Cc3ccccc3F)C2)C1=O. The number of amides is 2. The molecule has 0 bridgehead atoms. The Morgan fingerprint density at radius 1 is 1.29 bits per heavy atom. The van der Waals surface area contributed by atoms with Gasteiger partial charge in [0.1, 0.15) is 11.4 Å². The average molecular weight is 333 g/mol. The summed E-state index contributed by atoms with van der Waals surface area (Å²) < 4.78 is 13.8. The predicted molar refractivity (Wildman–Crippen MR) is 83.3 cm³/mol. The van der Waals surface area contributed by atoms with Gasteiger partial charge in [-0.25, -0.2) is 4.39 Å². The van der Waals surface area contributed by atoms with Gasteiger partial charge in [0.15, 0.2) is 0 Å². The Hall–Kier alpha value is -1.83. The molecule has 0 saturated carbocycles. The fourth-order valence-corrected chi connectivity index (χ4v) is 4.27. The molecule has 0 radical (unpaired) electrons. The molecule has 3 fully saturated rings. The molecule has 24 heavy (non-hydrogen) atoms. The zero-order valence-corrected chi connectivity index (χ0v) is 13.5. The van der Waals surface area contributed by atoms with Crippen LogP contribution in [0.25, 0.3) is 0 Å². The molecule has 3 heterocycles. The van der Waals surface area contributed by atoms with Crippen molar-refractivity contribution in [3.63, 3.8) is 0 Å². The number of aliphatic hydroxyl groups is 1. The van der Waals surface area contributed by atoms with Crippen LogP contribution in [-0.4, -0.2) is 76.0 Å². The fraction of sp³-hybridized carbons (Fsp3) is 0.529. The first kappa shape index (κ1) is 15.7. The molecule has 6 nitrogen and oxygen atoms in total. The highest BCUT2D eigenvalue weighted by Crippen LogP contribution is 2.40. The molecule has 0 aliphatic carbocycles. The van der Waals surface area contributed by atoms with Gasteiger partial charge < -0.3 is 5.11 Å². The number of carbonyl (C=O) groups excluding carboxylic acids is 2. The Morgan fingerprint density at radius 2 is 2.00 bits per heavy atom. The van der Waals surface area contributed by atoms with E-state index in [4.69, 9.17) is 0 Å². The second-order valence-electron chi connectivity index (χ2n) is 7.03. The molecule has 1 N–H and O–H groups in total. The first-order chi connectivity index (χ1) is 11.4. The number of likely N-dealkylation sites (N-methyl/N-ethyl adjacent to an activating group) is 1. The van der Waals surface area contributed by atoms with E-state index in [0.29, 0.717) is 38.2 Å². The van der Waals surface area contributed by atoms with E-state index in [0.717, 1.165) is 0 Å². The van der Waals surface area contributed by atoms with E-state index in [1.807, 2.05) is 9.80 Å². The normalized spacial score (nSPS) is 29.9. The number of likely N-dealkylation sites (tertiary alicyclic amines) is 1. The Bertz CT molecular complexity index is 704. The predicted octanol–water partition coefficient (Wildman–Crippen LogP) is -0.186. The maximum atomic E-state index is 13.8. The second kappa shape index (κ2) is 5.34. The van der Waals surface area contributed by atoms with Gasteiger partial charge in [0, 0.05) is 38.8 Å². The molecule has 3 aliphatic rings. The van der Waals surface area contributed by atoms with Gasteiger partial charge in [-0.2, -0.15) is 0 Å². The Labute approximate surface area is 139 Å². The number of β-amino-alcohol motifs (C(OH)–C–C–N with tert-alkyl or cyclic N) is 1. The number of halogens is 1. The fourth-order valence-electron chi connectivity index (χ4n) is 4.27. The molecule has 7 heteroatoms. The van der Waals surface area contributed by atoms with Crippen LogP contribution in [0.2, 0.25) is 0 Å². The van der Waals surface area contributed by atoms with Crippen LogP contribution in [0.5, 0.6) is 0 Å². The highest BCUT2D eigenvalue weighted by atomic mass is 19.1. The summed E-state index contributed by atoms with van der Waals surface area (Å²) in [7, 11) is 1.51. The van der Waals surface area contributed by atoms with Crippen molar-refractivity contribution in [2.45, 2.75) is 30.7 Å². The van der Waals surface area contributed by atoms with Gasteiger partial charge in [0.05, 0.1) is 12.1 Å². The number of aliphatic hydroxyl groups excluding tert-OH is 1. The van der Waals surface area contributed by atoms with Crippen LogP contribution in [-0.2, 0) is 16.1 Å². The highest BCUT2D eigenvalue weighted by molar-refractivity contribution is 6.05. The largest absolute Gasteiger partial charge is 0.392 e. The van der Waals surface area contributed by atoms with Crippen LogP contribution in [0.15, 0.2) is 24.3 Å². The number of nitrogens with zero attached hydrogens (tertiary/aromatic N) is 3. The van der Waals surface area contributed by atoms with Crippen LogP contribution in [0.3, 0.4) is 0 Å². The number of piperazine rings is 1. The Morgan fingerprint density at radius 3 is 2.71 bits per heavy atom. The zero-order valence-electron chi connectivity index (χ0n) is 13.5. The lowest BCUT2D eigenvalue weighted by Crippen LogP contribution is -2.80. The Kier molecular flexibility index (Phi) is 3.49. The zero-order chi connectivity index (χ0) is 17.1. The maximum absolute atomic E-state index is 13.8. The molecule has 0 aromatic heterocycles. The summed E-state index contributed by atoms with van der Waals surface area (Å²) in [5.74, 6) is -0.715. The lowest BCUT2D eigenvalue weighted by atomic mass is 9.82. The Balaban J connectivity index is 1.54. The summed E-state index contributed by atoms with van der Waals surface area (Å²) in [5.41, 5.74) is -0.172. The third-order valence-corrected chi connectivity index (χ3v) is 5.47. The molecule has 1 aromatic carbocycles. The quantitative estimate of drug-likeness (QED) is 0.761. The van der Waals surface area contributed by atoms with Gasteiger partial charge in [-0.05, 0) is 12.5 Å². The average Bonchev–Trinajstić information content (AvgIpc) is 2.91. The topological polar surface area (TPSA) is 64.1 Å². The molecule has 2 unspecified atom stereocenters. The molecule has 2 atom stereocenters. The smallest absolute Gasteiger partial charge is 0.252 e. The van der Waals surface area contributed by atoms with E-state index in [1.54, 1.807) is 18.2 Å². The number of benzene rings is 1. The van der Waals surface area contributed by atoms with Gasteiger partial charge in [-0.15, -0.1) is 0 Å². The lowest BCUT2D eigenvalue weighted by molar-refractivity contribution is -0.178. The highest BCUT2D eigenvalue weighted by Gasteiger charge is 2.63. The molecule has 1 aromatic rings. The van der Waals surface area contributed by atoms with Crippen LogP contribution in [0.4, 0.5) is 4.39 Å². The summed E-state index contributed by atoms with van der Waals surface area (Å²) in [5, 5.41) is 9.95. The van der Waals surface area contributed by atoms with E-state index in [1.165, 1.54) is 18.0 Å². The maximum Gasteiger partial charge on any atom is 0.252 e. The molecular weight excluding hydrogens is 313 g/mol. The van der Waals surface area contributed by atoms with Crippen molar-refractivity contribution in [3.05, 3.63) is 35.6 Å². The summed E-state index contributed by atoms with van der Waals surface area (Å²) in [6.07, 6.45) is -0.221. The van der Waals surface area contributed by atoms with Gasteiger partial charge in [0.25, 0.3) is 5.91 Å². The van der Waals surface area contributed by atoms with Crippen molar-refractivity contribution in [2.24, 2.45) is 0 Å². The van der Waals surface area contributed by atoms with Crippen LogP contribution in [0.1, 0.15) is 12.0 Å². The van der Waals surface area contributed by atoms with Gasteiger partial charge in [0.2, 0.25) is 5.91 Å². The minimum atomic E-state index is -0.768. The van der Waals surface area contributed by atoms with E-state index in [9.17, 15) is 19.1 Å². The third-order valence-electron chi connectivity index (χ3n) is 5.47. The number of rotatable bonds is 2. The monoisotopic (exact) mass is 333 g/mol. The molecule has 4 rings (SSSR count). The number of fused-ring (bicyclic) bond motifs is 2. The van der Waals surface area contributed by atoms with Gasteiger partial charge >= 0.3 is 0 Å². The minimum Gasteiger partial charge on any atom is -0.392 e. The van der Waals surface area contributed by atoms with E-state index in [-0.39, 0.29) is 17.6 Å². The van der Waals surface area contributed by atoms with E-state index >= 15 is 0 Å². The van der Waals surface area contributed by atoms with Crippen LogP contribution >= 0.6 is 0 Å². The standard InChI is InChI=1S/C17H20FN3O3/c1-19-15(23)14-6-12(22)8-21(14)17(16(19)24)9-20(10-17)7-11-4-2-3-5-13(11)18/h2-5,12,14,22H,6-10H2,1H3. The minimum absolute atomic E-state index is 0.220. The first-order valence-corrected chi connectivity index (χ1v) is 8.15. The molecule has 1 spiro atoms. The van der Waals surface area contributed by atoms with Crippen molar-refractivity contribution < 1.29 is 19.1 Å². The molecular formula is C17H20FN3O3. The molecule has 128 valence electrons. The van der Waals surface area contributed by atoms with Crippen molar-refractivity contribution >= 4 is 11.8 Å². The van der Waals surface area contributed by atoms with Crippen molar-refractivity contribution in [1.29, 1.82) is 0 Å². The van der Waals surface area contributed by atoms with Crippen LogP contribution < -0.4 is 0 Å². The summed E-state index contributed by atoms with van der Waals surface area (Å²) in [6.45, 7) is 1.66. The first-order valence-electron chi connectivity index (χ1n) is 8.15. The van der Waals surface area contributed by atoms with Crippen LogP contribution in [0, 0.1) is 5.82 Å². The number of imide groups is 1. The summed E-state index contributed by atoms with van der Waals surface area (Å²) in [4.78, 5) is 30.1. The van der Waals surface area contributed by atoms with Gasteiger partial charge in [-0.3, -0.25) is 24.3 Å². The molecule has 2 amide bonds. The van der Waals surface area contributed by atoms with Crippen molar-refractivity contribution in [2.75, 3.05) is 26.7 Å². The molecule has 3 aliphatic heterocycles.